The van der Waals surface area contributed by atoms with Crippen LogP contribution in [0.2, 0.25) is 0 Å². The normalized spacial score (nSPS) is 23.7. The van der Waals surface area contributed by atoms with E-state index in [9.17, 15) is 4.79 Å². The quantitative estimate of drug-likeness (QED) is 0.793. The summed E-state index contributed by atoms with van der Waals surface area (Å²) in [4.78, 5) is 11.4. The highest BCUT2D eigenvalue weighted by Crippen LogP contribution is 2.37. The topological polar surface area (TPSA) is 22.0 Å². The number of hydrogen-bond acceptors (Lipinski definition) is 1. The Morgan fingerprint density at radius 3 is 2.58 bits per heavy atom. The lowest BCUT2D eigenvalue weighted by Gasteiger charge is -2.27. The minimum absolute atomic E-state index is 0.315. The van der Waals surface area contributed by atoms with Crippen LogP contribution in [0.4, 0.5) is 0 Å². The molecule has 1 aliphatic rings. The number of carbonyl (C=O) groups excluding carboxylic acids is 1. The van der Waals surface area contributed by atoms with Gasteiger partial charge in [0.2, 0.25) is 0 Å². The number of nitrogens with zero attached hydrogens (tertiary/aromatic N) is 1. The van der Waals surface area contributed by atoms with Crippen molar-refractivity contribution in [2.75, 3.05) is 0 Å². The summed E-state index contributed by atoms with van der Waals surface area (Å²) in [5, 5.41) is 1.31. The first-order valence-electron chi connectivity index (χ1n) is 7.20. The van der Waals surface area contributed by atoms with E-state index >= 15 is 0 Å². The van der Waals surface area contributed by atoms with E-state index in [2.05, 4.69) is 42.1 Å². The fraction of sp³-hybridized carbons (Fsp3) is 0.471. The molecule has 0 amide bonds. The average Bonchev–Trinajstić information content (AvgIpc) is 2.80. The van der Waals surface area contributed by atoms with Crippen LogP contribution in [0.1, 0.15) is 44.1 Å². The third-order valence-corrected chi connectivity index (χ3v) is 4.69. The molecule has 3 rings (SSSR count). The van der Waals surface area contributed by atoms with Crippen molar-refractivity contribution in [1.82, 2.24) is 4.57 Å². The van der Waals surface area contributed by atoms with E-state index in [-0.39, 0.29) is 0 Å². The smallest absolute Gasteiger partial charge is 0.132 e. The van der Waals surface area contributed by atoms with Crippen LogP contribution in [-0.4, -0.2) is 10.4 Å². The van der Waals surface area contributed by atoms with Gasteiger partial charge < -0.3 is 4.57 Å². The summed E-state index contributed by atoms with van der Waals surface area (Å²) >= 11 is 0. The molecule has 1 aliphatic carbocycles. The van der Waals surface area contributed by atoms with Crippen LogP contribution in [0.3, 0.4) is 0 Å². The van der Waals surface area contributed by atoms with Crippen molar-refractivity contribution >= 4 is 16.7 Å². The third-order valence-electron chi connectivity index (χ3n) is 4.69. The first kappa shape index (κ1) is 12.5. The summed E-state index contributed by atoms with van der Waals surface area (Å²) < 4.78 is 2.18. The summed E-state index contributed by atoms with van der Waals surface area (Å²) in [6.45, 7) is 1.74. The largest absolute Gasteiger partial charge is 0.351 e. The predicted molar refractivity (Wildman–Crippen MR) is 78.3 cm³/mol. The number of ketones is 1. The zero-order chi connectivity index (χ0) is 13.4. The summed E-state index contributed by atoms with van der Waals surface area (Å²) in [6.07, 6.45) is 6.54. The Kier molecular flexibility index (Phi) is 3.17. The van der Waals surface area contributed by atoms with E-state index in [1.54, 1.807) is 6.92 Å². The Morgan fingerprint density at radius 1 is 1.16 bits per heavy atom. The molecule has 1 heterocycles. The van der Waals surface area contributed by atoms with Gasteiger partial charge in [-0.05, 0) is 61.6 Å². The molecule has 2 aromatic rings. The molecule has 1 aromatic carbocycles. The van der Waals surface area contributed by atoms with Crippen LogP contribution in [0, 0.1) is 5.92 Å². The molecular formula is C17H21NO. The molecule has 1 aromatic heterocycles. The van der Waals surface area contributed by atoms with Crippen molar-refractivity contribution in [3.8, 4) is 0 Å². The van der Waals surface area contributed by atoms with E-state index in [0.717, 1.165) is 25.7 Å². The minimum atomic E-state index is 0.315. The van der Waals surface area contributed by atoms with Crippen LogP contribution >= 0.6 is 0 Å². The SMILES string of the molecule is CC(=O)C1CCC(c2ccc3ccn(C)c3c2)CC1. The van der Waals surface area contributed by atoms with Gasteiger partial charge in [0.25, 0.3) is 0 Å². The van der Waals surface area contributed by atoms with Crippen LogP contribution < -0.4 is 0 Å². The average molecular weight is 255 g/mol. The Bertz CT molecular complexity index is 603. The van der Waals surface area contributed by atoms with Crippen molar-refractivity contribution in [3.63, 3.8) is 0 Å². The number of carbonyl (C=O) groups is 1. The molecule has 0 spiro atoms. The van der Waals surface area contributed by atoms with Crippen LogP contribution in [-0.2, 0) is 11.8 Å². The standard InChI is InChI=1S/C17H21NO/c1-12(19)13-3-5-14(6-4-13)16-8-7-15-9-10-18(2)17(15)11-16/h7-11,13-14H,3-6H2,1-2H3. The zero-order valence-electron chi connectivity index (χ0n) is 11.7. The van der Waals surface area contributed by atoms with Gasteiger partial charge in [-0.2, -0.15) is 0 Å². The van der Waals surface area contributed by atoms with Crippen molar-refractivity contribution in [1.29, 1.82) is 0 Å². The van der Waals surface area contributed by atoms with E-state index in [1.807, 2.05) is 0 Å². The van der Waals surface area contributed by atoms with E-state index in [1.165, 1.54) is 16.5 Å². The second-order valence-electron chi connectivity index (χ2n) is 5.90. The van der Waals surface area contributed by atoms with Gasteiger partial charge in [-0.3, -0.25) is 4.79 Å². The maximum Gasteiger partial charge on any atom is 0.132 e. The number of aromatic nitrogens is 1. The van der Waals surface area contributed by atoms with Crippen LogP contribution in [0.5, 0.6) is 0 Å². The molecule has 2 nitrogen and oxygen atoms in total. The number of fused-ring (bicyclic) bond motifs is 1. The molecule has 1 fully saturated rings. The second kappa shape index (κ2) is 4.84. The van der Waals surface area contributed by atoms with Gasteiger partial charge in [-0.15, -0.1) is 0 Å². The van der Waals surface area contributed by atoms with Gasteiger partial charge in [0.15, 0.2) is 0 Å². The van der Waals surface area contributed by atoms with Gasteiger partial charge in [0.1, 0.15) is 5.78 Å². The molecule has 19 heavy (non-hydrogen) atoms. The van der Waals surface area contributed by atoms with Gasteiger partial charge in [-0.25, -0.2) is 0 Å². The van der Waals surface area contributed by atoms with Gasteiger partial charge in [0.05, 0.1) is 0 Å². The minimum Gasteiger partial charge on any atom is -0.351 e. The highest BCUT2D eigenvalue weighted by molar-refractivity contribution is 5.81. The summed E-state index contributed by atoms with van der Waals surface area (Å²) in [7, 11) is 2.10. The van der Waals surface area contributed by atoms with E-state index < -0.39 is 0 Å². The van der Waals surface area contributed by atoms with E-state index in [0.29, 0.717) is 17.6 Å². The Labute approximate surface area is 114 Å². The number of aryl methyl sites for hydroxylation is 1. The fourth-order valence-corrected chi connectivity index (χ4v) is 3.37. The van der Waals surface area contributed by atoms with Crippen molar-refractivity contribution < 1.29 is 4.79 Å². The highest BCUT2D eigenvalue weighted by Gasteiger charge is 2.25. The lowest BCUT2D eigenvalue weighted by Crippen LogP contribution is -2.18. The monoisotopic (exact) mass is 255 g/mol. The molecule has 100 valence electrons. The molecular weight excluding hydrogens is 234 g/mol. The third kappa shape index (κ3) is 2.32. The first-order valence-corrected chi connectivity index (χ1v) is 7.20. The first-order chi connectivity index (χ1) is 9.15. The molecule has 0 bridgehead atoms. The molecule has 0 atom stereocenters. The molecule has 0 N–H and O–H groups in total. The molecule has 1 saturated carbocycles. The number of Topliss-reactive ketones (excluding diaryl/α,β-unsaturated/α-hetero) is 1. The maximum atomic E-state index is 11.4. The lowest BCUT2D eigenvalue weighted by atomic mass is 9.77. The zero-order valence-corrected chi connectivity index (χ0v) is 11.7. The van der Waals surface area contributed by atoms with Crippen LogP contribution in [0.25, 0.3) is 10.9 Å². The molecule has 0 unspecified atom stereocenters. The molecule has 0 radical (unpaired) electrons. The van der Waals surface area contributed by atoms with Gasteiger partial charge >= 0.3 is 0 Å². The Morgan fingerprint density at radius 2 is 1.89 bits per heavy atom. The van der Waals surface area contributed by atoms with E-state index in [4.69, 9.17) is 0 Å². The predicted octanol–water partition coefficient (Wildman–Crippen LogP) is 4.04. The number of hydrogen-bond donors (Lipinski definition) is 0. The van der Waals surface area contributed by atoms with Crippen molar-refractivity contribution in [2.45, 2.75) is 38.5 Å². The van der Waals surface area contributed by atoms with Gasteiger partial charge in [-0.1, -0.05) is 12.1 Å². The highest BCUT2D eigenvalue weighted by atomic mass is 16.1. The molecule has 2 heteroatoms. The molecule has 0 saturated heterocycles. The summed E-state index contributed by atoms with van der Waals surface area (Å²) in [5.41, 5.74) is 2.75. The second-order valence-corrected chi connectivity index (χ2v) is 5.90. The van der Waals surface area contributed by atoms with Crippen molar-refractivity contribution in [3.05, 3.63) is 36.0 Å². The summed E-state index contributed by atoms with van der Waals surface area (Å²) in [5.74, 6) is 1.32. The maximum absolute atomic E-state index is 11.4. The number of rotatable bonds is 2. The summed E-state index contributed by atoms with van der Waals surface area (Å²) in [6, 6.07) is 8.97. The Hall–Kier alpha value is -1.57. The Balaban J connectivity index is 1.81. The number of benzene rings is 1. The van der Waals surface area contributed by atoms with Crippen molar-refractivity contribution in [2.24, 2.45) is 13.0 Å². The fourth-order valence-electron chi connectivity index (χ4n) is 3.37. The lowest BCUT2D eigenvalue weighted by molar-refractivity contribution is -0.121. The van der Waals surface area contributed by atoms with Crippen LogP contribution in [0.15, 0.2) is 30.5 Å². The molecule has 0 aliphatic heterocycles. The van der Waals surface area contributed by atoms with Gasteiger partial charge in [0, 0.05) is 24.7 Å².